The summed E-state index contributed by atoms with van der Waals surface area (Å²) in [7, 11) is -0.889. The third kappa shape index (κ3) is 4.07. The molecule has 18 heteroatoms. The van der Waals surface area contributed by atoms with Crippen LogP contribution in [0.15, 0.2) is 16.9 Å². The van der Waals surface area contributed by atoms with E-state index < -0.39 is 102 Å². The van der Waals surface area contributed by atoms with Crippen LogP contribution in [0.1, 0.15) is 17.5 Å². The van der Waals surface area contributed by atoms with Gasteiger partial charge >= 0.3 is 15.6 Å². The second-order valence-corrected chi connectivity index (χ2v) is 12.2. The normalized spacial score (nSPS) is 26.2. The van der Waals surface area contributed by atoms with Crippen LogP contribution in [0.25, 0.3) is 5.76 Å². The van der Waals surface area contributed by atoms with E-state index >= 15 is 0 Å². The molecule has 0 spiro atoms. The van der Waals surface area contributed by atoms with Gasteiger partial charge in [0.05, 0.1) is 17.3 Å². The van der Waals surface area contributed by atoms with Crippen molar-refractivity contribution >= 4 is 44.7 Å². The summed E-state index contributed by atoms with van der Waals surface area (Å²) >= 11 is 0. The largest absolute Gasteiger partial charge is 0.534 e. The number of likely N-dealkylation sites (N-methyl/N-ethyl adjacent to an activating group) is 1. The Morgan fingerprint density at radius 2 is 1.69 bits per heavy atom. The molecule has 230 valence electrons. The second-order valence-electron chi connectivity index (χ2n) is 10.6. The Morgan fingerprint density at radius 1 is 1.12 bits per heavy atom. The highest BCUT2D eigenvalue weighted by Gasteiger charge is 2.64. The minimum absolute atomic E-state index is 0.162. The number of nitrogens with two attached hydrogens (primary N) is 2. The number of halogens is 3. The number of carbonyl (C=O) groups is 3. The van der Waals surface area contributed by atoms with E-state index in [0.717, 1.165) is 4.90 Å². The number of hydrogen-bond donors (Lipinski definition) is 6. The molecule has 0 saturated heterocycles. The van der Waals surface area contributed by atoms with Gasteiger partial charge in [-0.2, -0.15) is 21.6 Å². The Bertz CT molecular complexity index is 1620. The van der Waals surface area contributed by atoms with Crippen molar-refractivity contribution in [2.45, 2.75) is 30.0 Å². The summed E-state index contributed by atoms with van der Waals surface area (Å²) in [6.45, 7) is 0. The van der Waals surface area contributed by atoms with Crippen molar-refractivity contribution in [3.8, 4) is 11.5 Å². The van der Waals surface area contributed by atoms with E-state index in [1.54, 1.807) is 0 Å². The summed E-state index contributed by atoms with van der Waals surface area (Å²) in [6.07, 6.45) is -0.681. The molecule has 0 heterocycles. The highest BCUT2D eigenvalue weighted by molar-refractivity contribution is 7.88. The highest BCUT2D eigenvalue weighted by atomic mass is 32.2. The Balaban J connectivity index is 2.02. The Hall–Kier alpha value is -4.03. The number of ketones is 2. The number of nitrogen functional groups attached to an aromatic ring is 1. The molecule has 4 rings (SSSR count). The lowest BCUT2D eigenvalue weighted by molar-refractivity contribution is -0.153. The van der Waals surface area contributed by atoms with Gasteiger partial charge in [-0.05, 0) is 38.4 Å². The van der Waals surface area contributed by atoms with Crippen LogP contribution in [-0.4, -0.2) is 96.6 Å². The first-order chi connectivity index (χ1) is 19.1. The Kier molecular flexibility index (Phi) is 6.99. The van der Waals surface area contributed by atoms with E-state index in [2.05, 4.69) is 4.18 Å². The predicted molar refractivity (Wildman–Crippen MR) is 139 cm³/mol. The van der Waals surface area contributed by atoms with Crippen LogP contribution >= 0.6 is 0 Å². The monoisotopic (exact) mass is 620 g/mol. The van der Waals surface area contributed by atoms with Gasteiger partial charge in [0.2, 0.25) is 5.78 Å². The first kappa shape index (κ1) is 30.9. The second kappa shape index (κ2) is 9.50. The maximum absolute atomic E-state index is 13.9. The summed E-state index contributed by atoms with van der Waals surface area (Å²) in [4.78, 5) is 41.5. The Morgan fingerprint density at radius 3 is 2.17 bits per heavy atom. The number of aliphatic hydroxyl groups is 3. The van der Waals surface area contributed by atoms with Crippen molar-refractivity contribution in [1.82, 2.24) is 4.90 Å². The van der Waals surface area contributed by atoms with E-state index in [-0.39, 0.29) is 24.1 Å². The van der Waals surface area contributed by atoms with Crippen LogP contribution in [0.4, 0.5) is 24.5 Å². The van der Waals surface area contributed by atoms with Crippen LogP contribution in [0.2, 0.25) is 0 Å². The minimum Gasteiger partial charge on any atom is -0.508 e. The average molecular weight is 621 g/mol. The molecule has 3 unspecified atom stereocenters. The van der Waals surface area contributed by atoms with Gasteiger partial charge in [0.1, 0.15) is 22.8 Å². The molecular formula is C24H27F3N4O10S. The molecule has 14 nitrogen and oxygen atoms in total. The summed E-state index contributed by atoms with van der Waals surface area (Å²) in [5.41, 5.74) is -1.40. The molecule has 1 aromatic carbocycles. The quantitative estimate of drug-likeness (QED) is 0.0827. The van der Waals surface area contributed by atoms with Crippen LogP contribution in [0.5, 0.6) is 11.5 Å². The molecular weight excluding hydrogens is 593 g/mol. The van der Waals surface area contributed by atoms with E-state index in [9.17, 15) is 56.4 Å². The number of anilines is 2. The molecule has 1 saturated carbocycles. The lowest BCUT2D eigenvalue weighted by Crippen LogP contribution is -2.65. The number of primary amides is 1. The maximum atomic E-state index is 13.9. The van der Waals surface area contributed by atoms with Crippen LogP contribution in [-0.2, 0) is 30.9 Å². The molecule has 8 N–H and O–H groups in total. The number of rotatable bonds is 5. The first-order valence-electron chi connectivity index (χ1n) is 12.1. The van der Waals surface area contributed by atoms with Gasteiger partial charge in [-0.1, -0.05) is 0 Å². The summed E-state index contributed by atoms with van der Waals surface area (Å²) in [5, 5.41) is 44.6. The van der Waals surface area contributed by atoms with Crippen molar-refractivity contribution < 1.29 is 60.6 Å². The number of phenolic OH excluding ortho intramolecular Hbond substituents is 1. The summed E-state index contributed by atoms with van der Waals surface area (Å²) < 4.78 is 67.5. The van der Waals surface area contributed by atoms with Crippen molar-refractivity contribution in [1.29, 1.82) is 0 Å². The average Bonchev–Trinajstić information content (AvgIpc) is 2.83. The number of aliphatic hydroxyl groups excluding tert-OH is 2. The predicted octanol–water partition coefficient (Wildman–Crippen LogP) is -0.159. The number of Topliss-reactive ketones (excluding diaryl/α,β-unsaturated/α-hetero) is 2. The van der Waals surface area contributed by atoms with E-state index in [1.165, 1.54) is 33.1 Å². The smallest absolute Gasteiger partial charge is 0.508 e. The van der Waals surface area contributed by atoms with Crippen molar-refractivity contribution in [3.05, 3.63) is 28.0 Å². The number of fused-ring (bicyclic) bond motifs is 3. The number of aromatic hydroxyl groups is 1. The SMILES string of the molecule is CN(C)c1c2c(c(O)c(N)c1OS(=O)(=O)C(F)(F)F)C(O)=C1C(=O)C3(O)C(O)=C(C(N)=O)C(=O)[C@@H](N(C)C)C3CC1C2. The van der Waals surface area contributed by atoms with Gasteiger partial charge in [0, 0.05) is 25.6 Å². The number of phenols is 1. The molecule has 1 fully saturated rings. The lowest BCUT2D eigenvalue weighted by atomic mass is 9.57. The topological polar surface area (TPSA) is 234 Å². The van der Waals surface area contributed by atoms with E-state index in [1.807, 2.05) is 0 Å². The third-order valence-electron chi connectivity index (χ3n) is 7.78. The molecule has 3 aliphatic carbocycles. The fraction of sp³-hybridized carbons (Fsp3) is 0.458. The molecule has 0 bridgehead atoms. The summed E-state index contributed by atoms with van der Waals surface area (Å²) in [5.74, 6) is -10.7. The van der Waals surface area contributed by atoms with E-state index in [0.29, 0.717) is 0 Å². The van der Waals surface area contributed by atoms with Crippen molar-refractivity contribution in [2.24, 2.45) is 17.6 Å². The maximum Gasteiger partial charge on any atom is 0.534 e. The zero-order chi connectivity index (χ0) is 32.0. The molecule has 1 amide bonds. The number of hydrogen-bond acceptors (Lipinski definition) is 13. The number of benzene rings is 1. The third-order valence-corrected chi connectivity index (χ3v) is 8.73. The van der Waals surface area contributed by atoms with Gasteiger partial charge in [-0.25, -0.2) is 0 Å². The van der Waals surface area contributed by atoms with Crippen LogP contribution in [0.3, 0.4) is 0 Å². The van der Waals surface area contributed by atoms with Gasteiger partial charge < -0.3 is 41.0 Å². The Labute approximate surface area is 236 Å². The molecule has 42 heavy (non-hydrogen) atoms. The van der Waals surface area contributed by atoms with E-state index in [4.69, 9.17) is 11.5 Å². The number of alkyl halides is 3. The van der Waals surface area contributed by atoms with Crippen molar-refractivity contribution in [2.75, 3.05) is 38.8 Å². The van der Waals surface area contributed by atoms with Gasteiger partial charge in [0.25, 0.3) is 5.91 Å². The zero-order valence-electron chi connectivity index (χ0n) is 22.5. The molecule has 0 aromatic heterocycles. The fourth-order valence-electron chi connectivity index (χ4n) is 6.07. The number of carbonyl (C=O) groups excluding carboxylic acids is 3. The molecule has 0 radical (unpaired) electrons. The molecule has 1 aromatic rings. The molecule has 4 atom stereocenters. The van der Waals surface area contributed by atoms with Crippen LogP contribution in [0, 0.1) is 11.8 Å². The number of amides is 1. The lowest BCUT2D eigenvalue weighted by Gasteiger charge is -2.50. The molecule has 3 aliphatic rings. The van der Waals surface area contributed by atoms with Gasteiger partial charge in [-0.3, -0.25) is 19.3 Å². The number of nitrogens with zero attached hydrogens (tertiary/aromatic N) is 2. The van der Waals surface area contributed by atoms with Crippen molar-refractivity contribution in [3.63, 3.8) is 0 Å². The summed E-state index contributed by atoms with van der Waals surface area (Å²) in [6, 6.07) is -1.37. The highest BCUT2D eigenvalue weighted by Crippen LogP contribution is 2.57. The molecule has 0 aliphatic heterocycles. The fourth-order valence-corrected chi connectivity index (χ4v) is 6.55. The van der Waals surface area contributed by atoms with Crippen LogP contribution < -0.4 is 20.6 Å². The first-order valence-corrected chi connectivity index (χ1v) is 13.5. The van der Waals surface area contributed by atoms with Gasteiger partial charge in [-0.15, -0.1) is 0 Å². The van der Waals surface area contributed by atoms with Gasteiger partial charge in [0.15, 0.2) is 22.9 Å². The minimum atomic E-state index is -6.28. The zero-order valence-corrected chi connectivity index (χ0v) is 23.3. The standard InChI is InChI=1S/C24H27F3N4O10S/c1-30(2)14-8-5-7-6-9-15(31(3)4)18(34)12(22(29)37)21(36)23(9,38)20(35)10(7)16(32)11(8)17(33)13(28)19(14)41-42(39,40)24(25,26)27/h7,9,15,32-33,36,38H,5-6,28H2,1-4H3,(H2,29,37)/t7?,9?,15-,23?/m0/s1.